The van der Waals surface area contributed by atoms with E-state index < -0.39 is 5.82 Å². The average molecular weight is 466 g/mol. The van der Waals surface area contributed by atoms with Gasteiger partial charge in [0.05, 0.1) is 29.6 Å². The Morgan fingerprint density at radius 1 is 1.18 bits per heavy atom. The zero-order valence-electron chi connectivity index (χ0n) is 18.3. The predicted molar refractivity (Wildman–Crippen MR) is 127 cm³/mol. The summed E-state index contributed by atoms with van der Waals surface area (Å²) in [5.74, 6) is 0.469. The van der Waals surface area contributed by atoms with Gasteiger partial charge in [0.1, 0.15) is 11.6 Å². The van der Waals surface area contributed by atoms with E-state index in [-0.39, 0.29) is 11.9 Å². The van der Waals surface area contributed by atoms with E-state index >= 15 is 0 Å². The number of rotatable bonds is 9. The zero-order chi connectivity index (χ0) is 23.2. The quantitative estimate of drug-likeness (QED) is 0.346. The maximum absolute atomic E-state index is 13.5. The van der Waals surface area contributed by atoms with Crippen LogP contribution in [-0.4, -0.2) is 34.5 Å². The summed E-state index contributed by atoms with van der Waals surface area (Å²) in [7, 11) is 1.64. The third-order valence-electron chi connectivity index (χ3n) is 5.18. The second-order valence-electron chi connectivity index (χ2n) is 7.54. The van der Waals surface area contributed by atoms with Gasteiger partial charge in [-0.3, -0.25) is 9.78 Å². The lowest BCUT2D eigenvalue weighted by atomic mass is 10.1. The molecule has 4 rings (SSSR count). The average Bonchev–Trinajstić information content (AvgIpc) is 3.30. The van der Waals surface area contributed by atoms with E-state index in [2.05, 4.69) is 25.6 Å². The molecule has 0 fully saturated rings. The lowest BCUT2D eigenvalue weighted by molar-refractivity contribution is 0.0950. The van der Waals surface area contributed by atoms with Gasteiger partial charge in [-0.05, 0) is 60.5 Å². The first-order valence-corrected chi connectivity index (χ1v) is 11.4. The number of amides is 1. The van der Waals surface area contributed by atoms with Crippen LogP contribution in [0.15, 0.2) is 54.2 Å². The number of aromatic nitrogens is 3. The largest absolute Gasteiger partial charge is 0.497 e. The van der Waals surface area contributed by atoms with Crippen molar-refractivity contribution < 1.29 is 13.9 Å². The van der Waals surface area contributed by atoms with Crippen LogP contribution in [0.4, 0.5) is 10.3 Å². The Morgan fingerprint density at radius 2 is 2.00 bits per heavy atom. The number of ether oxygens (including phenoxy) is 1. The fourth-order valence-electron chi connectivity index (χ4n) is 3.39. The van der Waals surface area contributed by atoms with E-state index in [0.29, 0.717) is 29.3 Å². The Balaban J connectivity index is 1.41. The van der Waals surface area contributed by atoms with Crippen LogP contribution in [0, 0.1) is 5.82 Å². The van der Waals surface area contributed by atoms with Crippen molar-refractivity contribution in [3.05, 3.63) is 76.8 Å². The van der Waals surface area contributed by atoms with Crippen LogP contribution in [0.5, 0.6) is 5.75 Å². The molecule has 33 heavy (non-hydrogen) atoms. The van der Waals surface area contributed by atoms with Crippen LogP contribution in [0.2, 0.25) is 0 Å². The molecule has 9 heteroatoms. The van der Waals surface area contributed by atoms with E-state index in [4.69, 9.17) is 4.74 Å². The predicted octanol–water partition coefficient (Wildman–Crippen LogP) is 4.77. The molecule has 1 aromatic carbocycles. The van der Waals surface area contributed by atoms with Crippen LogP contribution in [-0.2, 0) is 6.42 Å². The van der Waals surface area contributed by atoms with Crippen LogP contribution in [0.3, 0.4) is 0 Å². The Bertz CT molecular complexity index is 1250. The molecule has 2 N–H and O–H groups in total. The summed E-state index contributed by atoms with van der Waals surface area (Å²) in [5, 5.41) is 7.98. The molecule has 4 aromatic rings. The van der Waals surface area contributed by atoms with Gasteiger partial charge in [-0.25, -0.2) is 14.4 Å². The zero-order valence-corrected chi connectivity index (χ0v) is 19.2. The highest BCUT2D eigenvalue weighted by Crippen LogP contribution is 2.25. The van der Waals surface area contributed by atoms with E-state index in [1.165, 1.54) is 23.0 Å². The third kappa shape index (κ3) is 5.61. The number of nitrogens with zero attached hydrogens (tertiary/aromatic N) is 3. The number of halogens is 1. The normalized spacial score (nSPS) is 11.8. The van der Waals surface area contributed by atoms with Gasteiger partial charge < -0.3 is 15.4 Å². The number of thiophene rings is 1. The summed E-state index contributed by atoms with van der Waals surface area (Å²) in [6, 6.07) is 10.9. The van der Waals surface area contributed by atoms with Crippen molar-refractivity contribution >= 4 is 33.4 Å². The summed E-state index contributed by atoms with van der Waals surface area (Å²) >= 11 is 1.42. The molecule has 7 nitrogen and oxygen atoms in total. The molecule has 1 amide bonds. The van der Waals surface area contributed by atoms with Crippen molar-refractivity contribution in [1.29, 1.82) is 0 Å². The second-order valence-corrected chi connectivity index (χ2v) is 8.46. The summed E-state index contributed by atoms with van der Waals surface area (Å²) in [4.78, 5) is 25.8. The molecule has 3 heterocycles. The minimum Gasteiger partial charge on any atom is -0.497 e. The number of hydrogen-bond acceptors (Lipinski definition) is 7. The van der Waals surface area contributed by atoms with Crippen molar-refractivity contribution in [2.45, 2.75) is 25.8 Å². The topological polar surface area (TPSA) is 89.0 Å². The number of benzene rings is 1. The summed E-state index contributed by atoms with van der Waals surface area (Å²) in [6.07, 6.45) is 4.38. The molecule has 0 aliphatic heterocycles. The first kappa shape index (κ1) is 22.6. The molecule has 0 saturated carbocycles. The van der Waals surface area contributed by atoms with Crippen molar-refractivity contribution in [3.8, 4) is 5.75 Å². The number of carbonyl (C=O) groups is 1. The number of anilines is 1. The van der Waals surface area contributed by atoms with Crippen molar-refractivity contribution in [2.75, 3.05) is 19.0 Å². The highest BCUT2D eigenvalue weighted by Gasteiger charge is 2.17. The first-order chi connectivity index (χ1) is 16.0. The molecule has 0 spiro atoms. The third-order valence-corrected chi connectivity index (χ3v) is 6.09. The lowest BCUT2D eigenvalue weighted by Gasteiger charge is -2.15. The van der Waals surface area contributed by atoms with Crippen molar-refractivity contribution in [2.24, 2.45) is 0 Å². The van der Waals surface area contributed by atoms with Gasteiger partial charge in [-0.1, -0.05) is 12.1 Å². The highest BCUT2D eigenvalue weighted by atomic mass is 32.1. The van der Waals surface area contributed by atoms with Crippen LogP contribution in [0.25, 0.3) is 10.2 Å². The van der Waals surface area contributed by atoms with Crippen LogP contribution < -0.4 is 15.4 Å². The van der Waals surface area contributed by atoms with E-state index in [9.17, 15) is 9.18 Å². The molecular weight excluding hydrogens is 441 g/mol. The number of hydrogen-bond donors (Lipinski definition) is 2. The van der Waals surface area contributed by atoms with Gasteiger partial charge >= 0.3 is 0 Å². The number of aryl methyl sites for hydroxylation is 1. The fraction of sp³-hybridized carbons (Fsp3) is 0.250. The first-order valence-electron chi connectivity index (χ1n) is 10.6. The number of nitrogens with one attached hydrogen (secondary N) is 2. The molecule has 1 atom stereocenters. The molecular formula is C24H24FN5O2S. The summed E-state index contributed by atoms with van der Waals surface area (Å²) in [5.41, 5.74) is 2.85. The smallest absolute Gasteiger partial charge is 0.271 e. The Labute approximate surface area is 195 Å². The summed E-state index contributed by atoms with van der Waals surface area (Å²) < 4.78 is 19.4. The molecule has 3 aromatic heterocycles. The van der Waals surface area contributed by atoms with E-state index in [0.717, 1.165) is 29.5 Å². The second kappa shape index (κ2) is 10.4. The molecule has 1 unspecified atom stereocenters. The SMILES string of the molecule is COc1ccc(CCCNC(=O)c2nc(NC(C)c3cncc(F)c3)nc3ccsc23)cc1. The summed E-state index contributed by atoms with van der Waals surface area (Å²) in [6.45, 7) is 2.38. The van der Waals surface area contributed by atoms with Gasteiger partial charge in [-0.2, -0.15) is 0 Å². The maximum Gasteiger partial charge on any atom is 0.271 e. The molecule has 0 aliphatic carbocycles. The minimum absolute atomic E-state index is 0.247. The lowest BCUT2D eigenvalue weighted by Crippen LogP contribution is -2.26. The van der Waals surface area contributed by atoms with E-state index in [1.54, 1.807) is 13.3 Å². The van der Waals surface area contributed by atoms with Gasteiger partial charge in [0.25, 0.3) is 5.91 Å². The number of fused-ring (bicyclic) bond motifs is 1. The molecule has 0 aliphatic rings. The minimum atomic E-state index is -0.412. The van der Waals surface area contributed by atoms with Gasteiger partial charge in [0.2, 0.25) is 5.95 Å². The van der Waals surface area contributed by atoms with Crippen LogP contribution in [0.1, 0.15) is 41.0 Å². The number of methoxy groups -OCH3 is 1. The van der Waals surface area contributed by atoms with Gasteiger partial charge in [-0.15, -0.1) is 11.3 Å². The Hall–Kier alpha value is -3.59. The van der Waals surface area contributed by atoms with Crippen molar-refractivity contribution in [3.63, 3.8) is 0 Å². The molecule has 0 radical (unpaired) electrons. The van der Waals surface area contributed by atoms with Crippen molar-refractivity contribution in [1.82, 2.24) is 20.3 Å². The standard InChI is InChI=1S/C24H24FN5O2S/c1-15(17-12-18(25)14-26-13-17)28-24-29-20-9-11-33-22(20)21(30-24)23(31)27-10-3-4-16-5-7-19(32-2)8-6-16/h5-9,11-15H,3-4,10H2,1-2H3,(H,27,31)(H,28,29,30). The number of pyridine rings is 1. The highest BCUT2D eigenvalue weighted by molar-refractivity contribution is 7.17. The van der Waals surface area contributed by atoms with E-state index in [1.807, 2.05) is 42.6 Å². The molecule has 0 saturated heterocycles. The van der Waals surface area contributed by atoms with Gasteiger partial charge in [0, 0.05) is 12.7 Å². The van der Waals surface area contributed by atoms with Gasteiger partial charge in [0.15, 0.2) is 5.69 Å². The van der Waals surface area contributed by atoms with Crippen LogP contribution >= 0.6 is 11.3 Å². The monoisotopic (exact) mass is 465 g/mol. The maximum atomic E-state index is 13.5. The Kier molecular flexibility index (Phi) is 7.09. The fourth-order valence-corrected chi connectivity index (χ4v) is 4.21. The molecule has 170 valence electrons. The Morgan fingerprint density at radius 3 is 2.76 bits per heavy atom. The number of carbonyl (C=O) groups excluding carboxylic acids is 1. The molecule has 0 bridgehead atoms.